The molecule has 0 saturated heterocycles. The smallest absolute Gasteiger partial charge is 0.303 e. The summed E-state index contributed by atoms with van der Waals surface area (Å²) in [5.74, 6) is -0.768. The van der Waals surface area contributed by atoms with Crippen LogP contribution in [-0.4, -0.2) is 38.9 Å². The molecule has 1 aromatic rings. The number of pyridine rings is 1. The van der Waals surface area contributed by atoms with Crippen LogP contribution in [0.2, 0.25) is 0 Å². The number of aliphatic carboxylic acids is 1. The van der Waals surface area contributed by atoms with Gasteiger partial charge in [0.25, 0.3) is 0 Å². The second-order valence-electron chi connectivity index (χ2n) is 3.56. The second-order valence-corrected chi connectivity index (χ2v) is 4.91. The molecule has 1 aromatic heterocycles. The van der Waals surface area contributed by atoms with E-state index in [1.165, 1.54) is 11.8 Å². The zero-order chi connectivity index (χ0) is 12.7. The number of aromatic nitrogens is 1. The van der Waals surface area contributed by atoms with E-state index in [9.17, 15) is 9.90 Å². The average Bonchev–Trinajstić information content (AvgIpc) is 2.34. The van der Waals surface area contributed by atoms with E-state index in [0.29, 0.717) is 5.75 Å². The molecule has 94 valence electrons. The molecular weight excluding hydrogens is 262 g/mol. The molecular formula is C11H14ClNO3S. The molecule has 0 spiro atoms. The standard InChI is InChI=1S/C11H14ClNO3S/c12-6-9(14)8(5-11(15)16)7-17-10-3-1-2-4-13-10/h1-4,8-9,14H,5-7H2,(H,15,16). The summed E-state index contributed by atoms with van der Waals surface area (Å²) in [6.07, 6.45) is 0.782. The summed E-state index contributed by atoms with van der Waals surface area (Å²) in [5.41, 5.74) is 0. The lowest BCUT2D eigenvalue weighted by molar-refractivity contribution is -0.138. The molecule has 1 heterocycles. The minimum Gasteiger partial charge on any atom is -0.481 e. The largest absolute Gasteiger partial charge is 0.481 e. The molecule has 2 atom stereocenters. The van der Waals surface area contributed by atoms with Crippen molar-refractivity contribution in [2.24, 2.45) is 5.92 Å². The molecule has 0 aromatic carbocycles. The third kappa shape index (κ3) is 5.39. The Balaban J connectivity index is 2.51. The number of rotatable bonds is 7. The van der Waals surface area contributed by atoms with Crippen molar-refractivity contribution >= 4 is 29.3 Å². The number of halogens is 1. The van der Waals surface area contributed by atoms with Gasteiger partial charge in [0.1, 0.15) is 0 Å². The van der Waals surface area contributed by atoms with Crippen molar-refractivity contribution in [1.82, 2.24) is 4.98 Å². The lowest BCUT2D eigenvalue weighted by Crippen LogP contribution is -2.26. The Hall–Kier alpha value is -0.780. The summed E-state index contributed by atoms with van der Waals surface area (Å²) in [6, 6.07) is 5.52. The molecule has 6 heteroatoms. The Bertz CT molecular complexity index is 350. The highest BCUT2D eigenvalue weighted by Crippen LogP contribution is 2.22. The van der Waals surface area contributed by atoms with Crippen LogP contribution in [0.15, 0.2) is 29.4 Å². The summed E-state index contributed by atoms with van der Waals surface area (Å²) in [5, 5.41) is 19.2. The van der Waals surface area contributed by atoms with Crippen LogP contribution >= 0.6 is 23.4 Å². The van der Waals surface area contributed by atoms with E-state index >= 15 is 0 Å². The Morgan fingerprint density at radius 2 is 2.29 bits per heavy atom. The van der Waals surface area contributed by atoms with Gasteiger partial charge in [-0.05, 0) is 12.1 Å². The van der Waals surface area contributed by atoms with Gasteiger partial charge in [0.2, 0.25) is 0 Å². The molecule has 0 fully saturated rings. The molecule has 0 saturated carbocycles. The van der Waals surface area contributed by atoms with Crippen LogP contribution in [-0.2, 0) is 4.79 Å². The number of hydrogen-bond acceptors (Lipinski definition) is 4. The van der Waals surface area contributed by atoms with Gasteiger partial charge in [-0.3, -0.25) is 4.79 Å². The number of carboxylic acid groups (broad SMARTS) is 1. The number of thioether (sulfide) groups is 1. The first-order chi connectivity index (χ1) is 8.13. The Labute approximate surface area is 109 Å². The van der Waals surface area contributed by atoms with Crippen molar-refractivity contribution in [2.75, 3.05) is 11.6 Å². The molecule has 0 amide bonds. The number of aliphatic hydroxyl groups excluding tert-OH is 1. The van der Waals surface area contributed by atoms with Gasteiger partial charge < -0.3 is 10.2 Å². The predicted octanol–water partition coefficient (Wildman–Crippen LogP) is 1.86. The highest BCUT2D eigenvalue weighted by atomic mass is 35.5. The molecule has 2 N–H and O–H groups in total. The maximum absolute atomic E-state index is 10.7. The van der Waals surface area contributed by atoms with Crippen molar-refractivity contribution in [3.05, 3.63) is 24.4 Å². The van der Waals surface area contributed by atoms with E-state index in [4.69, 9.17) is 16.7 Å². The molecule has 0 radical (unpaired) electrons. The van der Waals surface area contributed by atoms with Crippen LogP contribution in [0.3, 0.4) is 0 Å². The van der Waals surface area contributed by atoms with Gasteiger partial charge in [0, 0.05) is 23.7 Å². The summed E-state index contributed by atoms with van der Waals surface area (Å²) < 4.78 is 0. The van der Waals surface area contributed by atoms with E-state index in [2.05, 4.69) is 4.98 Å². The van der Waals surface area contributed by atoms with Crippen LogP contribution in [0.25, 0.3) is 0 Å². The lowest BCUT2D eigenvalue weighted by atomic mass is 10.0. The minimum absolute atomic E-state index is 0.0424. The number of hydrogen-bond donors (Lipinski definition) is 2. The number of carbonyl (C=O) groups is 1. The molecule has 0 aliphatic rings. The SMILES string of the molecule is O=C(O)CC(CSc1ccccn1)C(O)CCl. The van der Waals surface area contributed by atoms with Gasteiger partial charge in [-0.2, -0.15) is 0 Å². The summed E-state index contributed by atoms with van der Waals surface area (Å²) in [6.45, 7) is 0. The average molecular weight is 276 g/mol. The second kappa shape index (κ2) is 7.53. The zero-order valence-corrected chi connectivity index (χ0v) is 10.7. The first-order valence-corrected chi connectivity index (χ1v) is 6.65. The molecule has 0 aliphatic carbocycles. The van der Waals surface area contributed by atoms with Crippen LogP contribution in [0, 0.1) is 5.92 Å². The van der Waals surface area contributed by atoms with Crippen molar-refractivity contribution in [2.45, 2.75) is 17.6 Å². The summed E-state index contributed by atoms with van der Waals surface area (Å²) in [4.78, 5) is 14.8. The van der Waals surface area contributed by atoms with Crippen LogP contribution in [0.4, 0.5) is 0 Å². The topological polar surface area (TPSA) is 70.4 Å². The minimum atomic E-state index is -0.930. The Morgan fingerprint density at radius 3 is 2.82 bits per heavy atom. The molecule has 17 heavy (non-hydrogen) atoms. The van der Waals surface area contributed by atoms with Crippen molar-refractivity contribution in [3.63, 3.8) is 0 Å². The van der Waals surface area contributed by atoms with Crippen LogP contribution < -0.4 is 0 Å². The molecule has 2 unspecified atom stereocenters. The van der Waals surface area contributed by atoms with Gasteiger partial charge in [-0.15, -0.1) is 23.4 Å². The normalized spacial score (nSPS) is 14.2. The van der Waals surface area contributed by atoms with Crippen molar-refractivity contribution in [3.8, 4) is 0 Å². The van der Waals surface area contributed by atoms with Crippen LogP contribution in [0.1, 0.15) is 6.42 Å². The van der Waals surface area contributed by atoms with Crippen LogP contribution in [0.5, 0.6) is 0 Å². The van der Waals surface area contributed by atoms with E-state index in [-0.39, 0.29) is 18.2 Å². The summed E-state index contributed by atoms with van der Waals surface area (Å²) in [7, 11) is 0. The van der Waals surface area contributed by atoms with Crippen molar-refractivity contribution in [1.29, 1.82) is 0 Å². The fraction of sp³-hybridized carbons (Fsp3) is 0.455. The molecule has 0 aliphatic heterocycles. The lowest BCUT2D eigenvalue weighted by Gasteiger charge is -2.18. The zero-order valence-electron chi connectivity index (χ0n) is 9.12. The predicted molar refractivity (Wildman–Crippen MR) is 67.4 cm³/mol. The molecule has 1 rings (SSSR count). The number of nitrogens with zero attached hydrogens (tertiary/aromatic N) is 1. The maximum Gasteiger partial charge on any atom is 0.303 e. The van der Waals surface area contributed by atoms with Gasteiger partial charge >= 0.3 is 5.97 Å². The van der Waals surface area contributed by atoms with Gasteiger partial charge in [-0.1, -0.05) is 6.07 Å². The molecule has 4 nitrogen and oxygen atoms in total. The Kier molecular flexibility index (Phi) is 6.32. The fourth-order valence-electron chi connectivity index (χ4n) is 1.28. The number of carboxylic acids is 1. The Morgan fingerprint density at radius 1 is 1.53 bits per heavy atom. The summed E-state index contributed by atoms with van der Waals surface area (Å²) >= 11 is 6.97. The van der Waals surface area contributed by atoms with Crippen molar-refractivity contribution < 1.29 is 15.0 Å². The quantitative estimate of drug-likeness (QED) is 0.587. The third-order valence-electron chi connectivity index (χ3n) is 2.22. The maximum atomic E-state index is 10.7. The number of alkyl halides is 1. The third-order valence-corrected chi connectivity index (χ3v) is 3.67. The fourth-order valence-corrected chi connectivity index (χ4v) is 2.57. The highest BCUT2D eigenvalue weighted by Gasteiger charge is 2.21. The monoisotopic (exact) mass is 275 g/mol. The first-order valence-electron chi connectivity index (χ1n) is 5.13. The van der Waals surface area contributed by atoms with Gasteiger partial charge in [0.05, 0.1) is 17.6 Å². The van der Waals surface area contributed by atoms with E-state index in [1.807, 2.05) is 18.2 Å². The highest BCUT2D eigenvalue weighted by molar-refractivity contribution is 7.99. The number of aliphatic hydroxyl groups is 1. The first kappa shape index (κ1) is 14.3. The van der Waals surface area contributed by atoms with E-state index in [0.717, 1.165) is 5.03 Å². The van der Waals surface area contributed by atoms with E-state index < -0.39 is 12.1 Å². The van der Waals surface area contributed by atoms with E-state index in [1.54, 1.807) is 6.20 Å². The van der Waals surface area contributed by atoms with Gasteiger partial charge in [0.15, 0.2) is 0 Å². The van der Waals surface area contributed by atoms with Gasteiger partial charge in [-0.25, -0.2) is 4.98 Å². The molecule has 0 bridgehead atoms.